The number of piperidine rings is 1. The molecule has 194 valence electrons. The predicted molar refractivity (Wildman–Crippen MR) is 129 cm³/mol. The number of pyridine rings is 1. The van der Waals surface area contributed by atoms with Crippen LogP contribution in [-0.2, 0) is 11.0 Å². The molecule has 0 spiro atoms. The number of aliphatic imine (C=N–C) groups is 1. The van der Waals surface area contributed by atoms with Gasteiger partial charge in [-0.1, -0.05) is 36.8 Å². The maximum Gasteiger partial charge on any atom is 0.417 e. The van der Waals surface area contributed by atoms with Crippen molar-refractivity contribution in [3.8, 4) is 0 Å². The van der Waals surface area contributed by atoms with Crippen molar-refractivity contribution in [3.05, 3.63) is 65.0 Å². The maximum atomic E-state index is 14.5. The summed E-state index contributed by atoms with van der Waals surface area (Å²) in [5.74, 6) is -4.40. The summed E-state index contributed by atoms with van der Waals surface area (Å²) < 4.78 is 67.5. The van der Waals surface area contributed by atoms with E-state index in [0.29, 0.717) is 17.3 Å². The third kappa shape index (κ3) is 6.38. The number of rotatable bonds is 6. The van der Waals surface area contributed by atoms with Crippen molar-refractivity contribution >= 4 is 23.5 Å². The molecule has 1 aromatic heterocycles. The lowest BCUT2D eigenvalue weighted by Gasteiger charge is -2.43. The van der Waals surface area contributed by atoms with Gasteiger partial charge in [-0.25, -0.2) is 13.8 Å². The summed E-state index contributed by atoms with van der Waals surface area (Å²) in [6.07, 6.45) is -2.89. The molecule has 1 amide bonds. The van der Waals surface area contributed by atoms with Crippen LogP contribution in [-0.4, -0.2) is 54.1 Å². The number of anilines is 1. The second kappa shape index (κ2) is 10.6. The number of benzene rings is 1. The first-order valence-electron chi connectivity index (χ1n) is 11.3. The van der Waals surface area contributed by atoms with E-state index in [4.69, 9.17) is 5.73 Å². The van der Waals surface area contributed by atoms with Gasteiger partial charge in [-0.2, -0.15) is 13.2 Å². The van der Waals surface area contributed by atoms with Crippen LogP contribution >= 0.6 is 0 Å². The van der Waals surface area contributed by atoms with Gasteiger partial charge in [0.1, 0.15) is 11.5 Å². The molecule has 3 rings (SSSR count). The van der Waals surface area contributed by atoms with Gasteiger partial charge in [0.15, 0.2) is 0 Å². The first-order chi connectivity index (χ1) is 16.8. The highest BCUT2D eigenvalue weighted by atomic mass is 19.4. The topological polar surface area (TPSA) is 83.6 Å². The van der Waals surface area contributed by atoms with Gasteiger partial charge in [-0.3, -0.25) is 9.79 Å². The molecule has 1 aromatic carbocycles. The summed E-state index contributed by atoms with van der Waals surface area (Å²) in [6.45, 7) is 2.62. The number of allylic oxidation sites excluding steroid dienone is 1. The van der Waals surface area contributed by atoms with E-state index in [-0.39, 0.29) is 18.1 Å². The first kappa shape index (κ1) is 27.1. The minimum absolute atomic E-state index is 0.00369. The lowest BCUT2D eigenvalue weighted by atomic mass is 9.88. The molecule has 1 aliphatic heterocycles. The number of hydrogen-bond donors (Lipinski definition) is 2. The number of likely N-dealkylation sites (tertiary alicyclic amines) is 1. The molecular weight excluding hydrogens is 481 g/mol. The van der Waals surface area contributed by atoms with E-state index >= 15 is 0 Å². The molecular formula is C25H28F5N5O. The highest BCUT2D eigenvalue weighted by Crippen LogP contribution is 2.35. The number of nitrogens with one attached hydrogen (secondary N) is 1. The lowest BCUT2D eigenvalue weighted by Crippen LogP contribution is -2.58. The van der Waals surface area contributed by atoms with Crippen LogP contribution in [0.25, 0.3) is 5.57 Å². The van der Waals surface area contributed by atoms with Gasteiger partial charge in [0.25, 0.3) is 11.8 Å². The van der Waals surface area contributed by atoms with Crippen molar-refractivity contribution in [2.24, 2.45) is 16.6 Å². The first-order valence-corrected chi connectivity index (χ1v) is 11.3. The Hall–Kier alpha value is -3.50. The van der Waals surface area contributed by atoms with Crippen LogP contribution in [0.2, 0.25) is 0 Å². The number of aromatic nitrogens is 1. The van der Waals surface area contributed by atoms with E-state index in [1.165, 1.54) is 13.3 Å². The number of carbonyl (C=O) groups excluding carboxylic acids is 1. The molecule has 2 aromatic rings. The minimum Gasteiger partial charge on any atom is -0.394 e. The molecule has 0 aliphatic carbocycles. The zero-order valence-corrected chi connectivity index (χ0v) is 20.1. The van der Waals surface area contributed by atoms with Crippen LogP contribution in [0.3, 0.4) is 0 Å². The molecule has 3 N–H and O–H groups in total. The average molecular weight is 510 g/mol. The zero-order valence-electron chi connectivity index (χ0n) is 20.1. The van der Waals surface area contributed by atoms with Crippen LogP contribution < -0.4 is 11.1 Å². The van der Waals surface area contributed by atoms with Crippen molar-refractivity contribution in [2.45, 2.75) is 38.4 Å². The Balaban J connectivity index is 1.90. The smallest absolute Gasteiger partial charge is 0.394 e. The number of nitrogens with zero attached hydrogens (tertiary/aromatic N) is 3. The van der Waals surface area contributed by atoms with Crippen molar-refractivity contribution in [1.82, 2.24) is 9.88 Å². The van der Waals surface area contributed by atoms with E-state index in [0.717, 1.165) is 22.6 Å². The van der Waals surface area contributed by atoms with E-state index in [2.05, 4.69) is 15.3 Å². The van der Waals surface area contributed by atoms with Crippen LogP contribution in [0.5, 0.6) is 0 Å². The van der Waals surface area contributed by atoms with Crippen LogP contribution in [0.4, 0.5) is 27.8 Å². The second-order valence-electron chi connectivity index (χ2n) is 8.93. The van der Waals surface area contributed by atoms with Crippen LogP contribution in [0.1, 0.15) is 30.0 Å². The summed E-state index contributed by atoms with van der Waals surface area (Å²) in [5, 5.41) is 2.87. The number of halogens is 5. The largest absolute Gasteiger partial charge is 0.417 e. The molecule has 1 aliphatic rings. The third-order valence-electron chi connectivity index (χ3n) is 6.03. The number of alkyl halides is 5. The quantitative estimate of drug-likeness (QED) is 0.334. The van der Waals surface area contributed by atoms with Crippen LogP contribution in [0.15, 0.2) is 53.3 Å². The number of carbonyl (C=O) groups is 1. The highest BCUT2D eigenvalue weighted by Gasteiger charge is 2.46. The number of amides is 1. The van der Waals surface area contributed by atoms with Gasteiger partial charge in [-0.05, 0) is 30.5 Å². The molecule has 36 heavy (non-hydrogen) atoms. The highest BCUT2D eigenvalue weighted by molar-refractivity contribution is 6.18. The van der Waals surface area contributed by atoms with Crippen molar-refractivity contribution in [3.63, 3.8) is 0 Å². The molecule has 1 fully saturated rings. The summed E-state index contributed by atoms with van der Waals surface area (Å²) >= 11 is 0. The van der Waals surface area contributed by atoms with Crippen LogP contribution in [0, 0.1) is 12.8 Å². The number of nitrogens with two attached hydrogens (primary N) is 1. The molecule has 6 nitrogen and oxygen atoms in total. The zero-order chi connectivity index (χ0) is 26.7. The fourth-order valence-corrected chi connectivity index (χ4v) is 4.27. The molecule has 0 bridgehead atoms. The second-order valence-corrected chi connectivity index (χ2v) is 8.93. The van der Waals surface area contributed by atoms with Gasteiger partial charge >= 0.3 is 6.18 Å². The molecule has 11 heteroatoms. The normalized spacial score (nSPS) is 20.8. The molecule has 2 heterocycles. The molecule has 2 atom stereocenters. The SMILES string of the molecule is CN=CC(=C(N)C(=O)N1CC(F)(F)CC(C)[C@H]1CNc1ccc(C(F)(F)F)cn1)c1cccc(C)c1. The van der Waals surface area contributed by atoms with E-state index in [9.17, 15) is 26.7 Å². The molecule has 0 saturated carbocycles. The molecule has 1 unspecified atom stereocenters. The summed E-state index contributed by atoms with van der Waals surface area (Å²) in [6, 6.07) is 8.51. The Morgan fingerprint density at radius 2 is 2.03 bits per heavy atom. The Morgan fingerprint density at radius 1 is 1.31 bits per heavy atom. The fraction of sp³-hybridized carbons (Fsp3) is 0.400. The van der Waals surface area contributed by atoms with Gasteiger partial charge in [-0.15, -0.1) is 0 Å². The predicted octanol–water partition coefficient (Wildman–Crippen LogP) is 4.76. The van der Waals surface area contributed by atoms with E-state index < -0.39 is 48.5 Å². The van der Waals surface area contributed by atoms with Crippen molar-refractivity contribution in [1.29, 1.82) is 0 Å². The molecule has 0 radical (unpaired) electrons. The summed E-state index contributed by atoms with van der Waals surface area (Å²) in [5.41, 5.74) is 6.94. The Morgan fingerprint density at radius 3 is 2.61 bits per heavy atom. The maximum absolute atomic E-state index is 14.5. The monoisotopic (exact) mass is 509 g/mol. The van der Waals surface area contributed by atoms with E-state index in [1.807, 2.05) is 13.0 Å². The van der Waals surface area contributed by atoms with Gasteiger partial charge in [0, 0.05) is 38.0 Å². The van der Waals surface area contributed by atoms with Crippen molar-refractivity contribution in [2.75, 3.05) is 25.5 Å². The average Bonchev–Trinajstić information content (AvgIpc) is 2.80. The van der Waals surface area contributed by atoms with Crippen molar-refractivity contribution < 1.29 is 26.7 Å². The third-order valence-corrected chi connectivity index (χ3v) is 6.03. The molecule has 1 saturated heterocycles. The van der Waals surface area contributed by atoms with E-state index in [1.54, 1.807) is 25.1 Å². The number of hydrogen-bond acceptors (Lipinski definition) is 5. The lowest BCUT2D eigenvalue weighted by molar-refractivity contribution is -0.148. The minimum atomic E-state index is -4.53. The van der Waals surface area contributed by atoms with Gasteiger partial charge in [0.05, 0.1) is 18.2 Å². The number of aryl methyl sites for hydroxylation is 1. The Kier molecular flexibility index (Phi) is 8.00. The Bertz CT molecular complexity index is 1140. The standard InChI is InChI=1S/C25H28F5N5O/c1-15-5-4-6-17(9-15)19(12-32-3)22(31)23(36)35-14-24(26,27)10-16(2)20(35)13-34-21-8-7-18(11-33-21)25(28,29)30/h4-9,11-12,16,20H,10,13-14,31H2,1-3H3,(H,33,34)/t16?,20-/m1/s1. The van der Waals surface area contributed by atoms with Gasteiger partial charge in [0.2, 0.25) is 0 Å². The van der Waals surface area contributed by atoms with Gasteiger partial charge < -0.3 is 16.0 Å². The fourth-order valence-electron chi connectivity index (χ4n) is 4.27. The summed E-state index contributed by atoms with van der Waals surface area (Å²) in [4.78, 5) is 22.2. The summed E-state index contributed by atoms with van der Waals surface area (Å²) in [7, 11) is 1.51. The Labute approximate surface area is 206 Å².